The van der Waals surface area contributed by atoms with Gasteiger partial charge in [-0.3, -0.25) is 9.98 Å². The predicted octanol–water partition coefficient (Wildman–Crippen LogP) is 10.5. The summed E-state index contributed by atoms with van der Waals surface area (Å²) >= 11 is 0. The van der Waals surface area contributed by atoms with E-state index in [1.54, 1.807) is 36.7 Å². The Labute approximate surface area is 274 Å². The number of rotatable bonds is 10. The SMILES string of the molecule is CC(C)(c1ccc(Oc2ccc(N=Cc3ccccc3O)cc2)cc1)c1ccc(Oc2ccc(N=Cc3ccccc3O)cc2)cc1. The number of hydrogen-bond acceptors (Lipinski definition) is 6. The van der Waals surface area contributed by atoms with E-state index in [4.69, 9.17) is 9.47 Å². The van der Waals surface area contributed by atoms with Gasteiger partial charge in [-0.1, -0.05) is 62.4 Å². The third-order valence-corrected chi connectivity index (χ3v) is 7.88. The fourth-order valence-electron chi connectivity index (χ4n) is 5.00. The summed E-state index contributed by atoms with van der Waals surface area (Å²) in [5.41, 5.74) is 4.93. The van der Waals surface area contributed by atoms with Crippen molar-refractivity contribution in [3.05, 3.63) is 168 Å². The maximum atomic E-state index is 9.92. The molecule has 6 heteroatoms. The van der Waals surface area contributed by atoms with Gasteiger partial charge >= 0.3 is 0 Å². The van der Waals surface area contributed by atoms with Crippen molar-refractivity contribution in [1.82, 2.24) is 0 Å². The molecule has 0 saturated heterocycles. The van der Waals surface area contributed by atoms with E-state index in [1.165, 1.54) is 0 Å². The normalized spacial score (nSPS) is 11.6. The first kappa shape index (κ1) is 30.9. The number of para-hydroxylation sites is 2. The lowest BCUT2D eigenvalue weighted by Gasteiger charge is -2.26. The molecule has 0 bridgehead atoms. The molecule has 0 heterocycles. The monoisotopic (exact) mass is 618 g/mol. The zero-order valence-electron chi connectivity index (χ0n) is 26.1. The lowest BCUT2D eigenvalue weighted by atomic mass is 9.78. The Hall–Kier alpha value is -6.14. The standard InChI is InChI=1S/C41H34N2O4/c1-41(2,31-11-19-35(20-12-31)46-37-23-15-33(16-24-37)42-27-29-7-3-5-9-39(29)44)32-13-21-36(22-14-32)47-38-25-17-34(18-26-38)43-28-30-8-4-6-10-40(30)45/h3-28,44-45H,1-2H3. The minimum absolute atomic E-state index is 0.196. The highest BCUT2D eigenvalue weighted by Crippen LogP contribution is 2.35. The lowest BCUT2D eigenvalue weighted by Crippen LogP contribution is -2.18. The highest BCUT2D eigenvalue weighted by Gasteiger charge is 2.23. The molecule has 0 fully saturated rings. The summed E-state index contributed by atoms with van der Waals surface area (Å²) in [5.74, 6) is 3.30. The van der Waals surface area contributed by atoms with Crippen LogP contribution in [0.25, 0.3) is 0 Å². The summed E-state index contributed by atoms with van der Waals surface area (Å²) in [4.78, 5) is 8.88. The summed E-state index contributed by atoms with van der Waals surface area (Å²) in [7, 11) is 0. The first-order valence-electron chi connectivity index (χ1n) is 15.2. The molecular weight excluding hydrogens is 584 g/mol. The Kier molecular flexibility index (Phi) is 9.11. The van der Waals surface area contributed by atoms with Gasteiger partial charge in [-0.25, -0.2) is 0 Å². The van der Waals surface area contributed by atoms with Gasteiger partial charge in [0.1, 0.15) is 34.5 Å². The Balaban J connectivity index is 1.05. The van der Waals surface area contributed by atoms with Crippen molar-refractivity contribution < 1.29 is 19.7 Å². The molecule has 0 radical (unpaired) electrons. The highest BCUT2D eigenvalue weighted by molar-refractivity contribution is 5.85. The number of phenolic OH excluding ortho intramolecular Hbond substituents is 2. The Morgan fingerprint density at radius 2 is 0.766 bits per heavy atom. The molecule has 0 aliphatic carbocycles. The third kappa shape index (κ3) is 7.75. The number of nitrogens with zero attached hydrogens (tertiary/aromatic N) is 2. The van der Waals surface area contributed by atoms with Crippen molar-refractivity contribution >= 4 is 23.8 Å². The zero-order chi connectivity index (χ0) is 32.6. The van der Waals surface area contributed by atoms with Gasteiger partial charge in [-0.15, -0.1) is 0 Å². The highest BCUT2D eigenvalue weighted by atomic mass is 16.5. The maximum Gasteiger partial charge on any atom is 0.127 e. The van der Waals surface area contributed by atoms with E-state index in [1.807, 2.05) is 97.1 Å². The molecule has 0 saturated carbocycles. The van der Waals surface area contributed by atoms with E-state index in [0.29, 0.717) is 22.6 Å². The van der Waals surface area contributed by atoms with Crippen LogP contribution < -0.4 is 9.47 Å². The Bertz CT molecular complexity index is 1850. The summed E-state index contributed by atoms with van der Waals surface area (Å²) in [6, 6.07) is 45.5. The van der Waals surface area contributed by atoms with Crippen LogP contribution in [0.4, 0.5) is 11.4 Å². The van der Waals surface area contributed by atoms with Crippen LogP contribution in [0.1, 0.15) is 36.1 Å². The number of aliphatic imine (C=N–C) groups is 2. The number of ether oxygens (including phenoxy) is 2. The third-order valence-electron chi connectivity index (χ3n) is 7.88. The first-order valence-corrected chi connectivity index (χ1v) is 15.2. The molecule has 0 atom stereocenters. The summed E-state index contributed by atoms with van der Waals surface area (Å²) in [6.45, 7) is 4.39. The largest absolute Gasteiger partial charge is 0.507 e. The van der Waals surface area contributed by atoms with Gasteiger partial charge in [0.15, 0.2) is 0 Å². The molecule has 0 spiro atoms. The van der Waals surface area contributed by atoms with E-state index in [9.17, 15) is 10.2 Å². The zero-order valence-corrected chi connectivity index (χ0v) is 26.1. The van der Waals surface area contributed by atoms with Crippen LogP contribution in [-0.2, 0) is 5.41 Å². The molecule has 0 aromatic heterocycles. The molecular formula is C41H34N2O4. The minimum atomic E-state index is -0.239. The van der Waals surface area contributed by atoms with Crippen molar-refractivity contribution in [2.75, 3.05) is 0 Å². The van der Waals surface area contributed by atoms with Gasteiger partial charge < -0.3 is 19.7 Å². The molecule has 6 aromatic carbocycles. The van der Waals surface area contributed by atoms with Crippen molar-refractivity contribution in [1.29, 1.82) is 0 Å². The van der Waals surface area contributed by atoms with Crippen LogP contribution in [0.5, 0.6) is 34.5 Å². The molecule has 0 aliphatic rings. The molecule has 2 N–H and O–H groups in total. The van der Waals surface area contributed by atoms with E-state index in [2.05, 4.69) is 48.1 Å². The molecule has 6 nitrogen and oxygen atoms in total. The molecule has 0 unspecified atom stereocenters. The smallest absolute Gasteiger partial charge is 0.127 e. The fourth-order valence-corrected chi connectivity index (χ4v) is 5.00. The van der Waals surface area contributed by atoms with Crippen molar-refractivity contribution in [3.8, 4) is 34.5 Å². The maximum absolute atomic E-state index is 9.92. The van der Waals surface area contributed by atoms with Crippen LogP contribution >= 0.6 is 0 Å². The van der Waals surface area contributed by atoms with Gasteiger partial charge in [-0.05, 0) is 108 Å². The van der Waals surface area contributed by atoms with Gasteiger partial charge in [0.25, 0.3) is 0 Å². The van der Waals surface area contributed by atoms with Crippen molar-refractivity contribution in [3.63, 3.8) is 0 Å². The van der Waals surface area contributed by atoms with Crippen LogP contribution in [0.15, 0.2) is 156 Å². The van der Waals surface area contributed by atoms with Crippen LogP contribution in [0.3, 0.4) is 0 Å². The molecule has 6 rings (SSSR count). The predicted molar refractivity (Wildman–Crippen MR) is 189 cm³/mol. The van der Waals surface area contributed by atoms with Gasteiger partial charge in [0.2, 0.25) is 0 Å². The molecule has 47 heavy (non-hydrogen) atoms. The second-order valence-electron chi connectivity index (χ2n) is 11.5. The van der Waals surface area contributed by atoms with E-state index >= 15 is 0 Å². The summed E-state index contributed by atoms with van der Waals surface area (Å²) < 4.78 is 12.2. The Morgan fingerprint density at radius 3 is 1.11 bits per heavy atom. The number of aromatic hydroxyl groups is 2. The van der Waals surface area contributed by atoms with E-state index in [-0.39, 0.29) is 16.9 Å². The van der Waals surface area contributed by atoms with E-state index in [0.717, 1.165) is 34.0 Å². The lowest BCUT2D eigenvalue weighted by molar-refractivity contribution is 0.474. The van der Waals surface area contributed by atoms with E-state index < -0.39 is 0 Å². The number of hydrogen-bond donors (Lipinski definition) is 2. The topological polar surface area (TPSA) is 83.6 Å². The average molecular weight is 619 g/mol. The Morgan fingerprint density at radius 1 is 0.447 bits per heavy atom. The molecule has 0 amide bonds. The van der Waals surface area contributed by atoms with Gasteiger partial charge in [0.05, 0.1) is 11.4 Å². The van der Waals surface area contributed by atoms with Crippen LogP contribution in [0, 0.1) is 0 Å². The quantitative estimate of drug-likeness (QED) is 0.150. The average Bonchev–Trinajstić information content (AvgIpc) is 3.09. The second kappa shape index (κ2) is 13.9. The fraction of sp³-hybridized carbons (Fsp3) is 0.0732. The van der Waals surface area contributed by atoms with Crippen LogP contribution in [0.2, 0.25) is 0 Å². The summed E-state index contributed by atoms with van der Waals surface area (Å²) in [6.07, 6.45) is 3.28. The molecule has 6 aromatic rings. The number of phenols is 2. The summed E-state index contributed by atoms with van der Waals surface area (Å²) in [5, 5.41) is 19.8. The minimum Gasteiger partial charge on any atom is -0.507 e. The van der Waals surface area contributed by atoms with Gasteiger partial charge in [0, 0.05) is 29.0 Å². The van der Waals surface area contributed by atoms with Crippen molar-refractivity contribution in [2.24, 2.45) is 9.98 Å². The molecule has 0 aliphatic heterocycles. The number of benzene rings is 6. The van der Waals surface area contributed by atoms with Crippen molar-refractivity contribution in [2.45, 2.75) is 19.3 Å². The van der Waals surface area contributed by atoms with Gasteiger partial charge in [-0.2, -0.15) is 0 Å². The first-order chi connectivity index (χ1) is 22.8. The second-order valence-corrected chi connectivity index (χ2v) is 11.5. The molecule has 232 valence electrons. The van der Waals surface area contributed by atoms with Crippen LogP contribution in [-0.4, -0.2) is 22.6 Å².